The predicted octanol–water partition coefficient (Wildman–Crippen LogP) is 3.14. The molecule has 0 aliphatic carbocycles. The molecule has 1 fully saturated rings. The molecule has 0 spiro atoms. The van der Waals surface area contributed by atoms with Crippen molar-refractivity contribution < 1.29 is 9.72 Å². The highest BCUT2D eigenvalue weighted by molar-refractivity contribution is 8.00. The average Bonchev–Trinajstić information content (AvgIpc) is 3.16. The second-order valence-electron chi connectivity index (χ2n) is 6.71. The summed E-state index contributed by atoms with van der Waals surface area (Å²) in [7, 11) is 0. The van der Waals surface area contributed by atoms with Crippen molar-refractivity contribution in [3.8, 4) is 0 Å². The van der Waals surface area contributed by atoms with Crippen molar-refractivity contribution in [1.82, 2.24) is 19.5 Å². The molecule has 28 heavy (non-hydrogen) atoms. The van der Waals surface area contributed by atoms with E-state index in [1.807, 2.05) is 33.7 Å². The Hall–Kier alpha value is -2.94. The Kier molecular flexibility index (Phi) is 5.25. The van der Waals surface area contributed by atoms with Gasteiger partial charge in [-0.15, -0.1) is 22.0 Å². The number of fused-ring (bicyclic) bond motifs is 1. The van der Waals surface area contributed by atoms with E-state index in [9.17, 15) is 14.9 Å². The zero-order valence-electron chi connectivity index (χ0n) is 15.1. The van der Waals surface area contributed by atoms with Crippen LogP contribution in [-0.4, -0.2) is 49.2 Å². The van der Waals surface area contributed by atoms with Crippen LogP contribution >= 0.6 is 11.8 Å². The van der Waals surface area contributed by atoms with Crippen LogP contribution in [0.2, 0.25) is 0 Å². The number of pyridine rings is 1. The zero-order valence-corrected chi connectivity index (χ0v) is 15.9. The molecular weight excluding hydrogens is 378 g/mol. The molecule has 4 rings (SSSR count). The number of nitro benzene ring substituents is 1. The second kappa shape index (κ2) is 7.97. The van der Waals surface area contributed by atoms with E-state index in [0.29, 0.717) is 12.3 Å². The SMILES string of the molecule is O=C(CSc1ccc([N+](=O)[O-])cc1)N1CCCC(c2nnc3ccccn23)C1. The molecule has 0 saturated carbocycles. The summed E-state index contributed by atoms with van der Waals surface area (Å²) in [5.74, 6) is 1.45. The Morgan fingerprint density at radius 1 is 1.21 bits per heavy atom. The highest BCUT2D eigenvalue weighted by Crippen LogP contribution is 2.27. The van der Waals surface area contributed by atoms with Crippen LogP contribution in [0.3, 0.4) is 0 Å². The molecule has 2 aromatic heterocycles. The number of piperidine rings is 1. The van der Waals surface area contributed by atoms with Crippen molar-refractivity contribution in [3.63, 3.8) is 0 Å². The topological polar surface area (TPSA) is 93.6 Å². The molecule has 1 aromatic carbocycles. The van der Waals surface area contributed by atoms with E-state index in [1.54, 1.807) is 12.1 Å². The summed E-state index contributed by atoms with van der Waals surface area (Å²) in [6.07, 6.45) is 3.87. The summed E-state index contributed by atoms with van der Waals surface area (Å²) in [6.45, 7) is 1.38. The van der Waals surface area contributed by atoms with E-state index in [4.69, 9.17) is 0 Å². The van der Waals surface area contributed by atoms with Crippen molar-refractivity contribution in [2.75, 3.05) is 18.8 Å². The minimum atomic E-state index is -0.429. The van der Waals surface area contributed by atoms with Crippen molar-refractivity contribution >= 4 is 29.0 Å². The van der Waals surface area contributed by atoms with Crippen LogP contribution in [0.5, 0.6) is 0 Å². The lowest BCUT2D eigenvalue weighted by Gasteiger charge is -2.32. The highest BCUT2D eigenvalue weighted by atomic mass is 32.2. The standard InChI is InChI=1S/C19H19N5O3S/c25-18(13-28-16-8-6-15(7-9-16)24(26)27)22-10-3-4-14(12-22)19-21-20-17-5-1-2-11-23(17)19/h1-2,5-9,11,14H,3-4,10,12-13H2. The van der Waals surface area contributed by atoms with Gasteiger partial charge in [0.1, 0.15) is 5.82 Å². The van der Waals surface area contributed by atoms with E-state index in [1.165, 1.54) is 23.9 Å². The van der Waals surface area contributed by atoms with Gasteiger partial charge in [0, 0.05) is 42.2 Å². The Morgan fingerprint density at radius 2 is 2.04 bits per heavy atom. The van der Waals surface area contributed by atoms with Gasteiger partial charge in [-0.2, -0.15) is 0 Å². The van der Waals surface area contributed by atoms with Gasteiger partial charge in [0.15, 0.2) is 5.65 Å². The Labute approximate surface area is 165 Å². The number of benzene rings is 1. The molecule has 1 atom stereocenters. The molecule has 0 radical (unpaired) electrons. The van der Waals surface area contributed by atoms with Crippen LogP contribution < -0.4 is 0 Å². The fourth-order valence-corrected chi connectivity index (χ4v) is 4.25. The maximum atomic E-state index is 12.7. The van der Waals surface area contributed by atoms with Crippen LogP contribution in [0.4, 0.5) is 5.69 Å². The number of thioether (sulfide) groups is 1. The van der Waals surface area contributed by atoms with Gasteiger partial charge in [0.05, 0.1) is 10.7 Å². The molecule has 1 unspecified atom stereocenters. The normalized spacial score (nSPS) is 17.0. The Balaban J connectivity index is 1.38. The number of aromatic nitrogens is 3. The summed E-state index contributed by atoms with van der Waals surface area (Å²) in [4.78, 5) is 25.7. The lowest BCUT2D eigenvalue weighted by atomic mass is 9.97. The average molecular weight is 397 g/mol. The first-order valence-electron chi connectivity index (χ1n) is 9.06. The smallest absolute Gasteiger partial charge is 0.269 e. The Morgan fingerprint density at radius 3 is 2.82 bits per heavy atom. The van der Waals surface area contributed by atoms with Crippen molar-refractivity contribution in [2.45, 2.75) is 23.7 Å². The number of rotatable bonds is 5. The predicted molar refractivity (Wildman–Crippen MR) is 105 cm³/mol. The van der Waals surface area contributed by atoms with Crippen LogP contribution in [0.1, 0.15) is 24.6 Å². The van der Waals surface area contributed by atoms with Crippen LogP contribution in [-0.2, 0) is 4.79 Å². The minimum absolute atomic E-state index is 0.0510. The highest BCUT2D eigenvalue weighted by Gasteiger charge is 2.27. The summed E-state index contributed by atoms with van der Waals surface area (Å²) in [5, 5.41) is 19.3. The van der Waals surface area contributed by atoms with Gasteiger partial charge in [-0.1, -0.05) is 6.07 Å². The van der Waals surface area contributed by atoms with E-state index < -0.39 is 4.92 Å². The van der Waals surface area contributed by atoms with E-state index in [-0.39, 0.29) is 17.5 Å². The van der Waals surface area contributed by atoms with Gasteiger partial charge >= 0.3 is 0 Å². The first-order chi connectivity index (χ1) is 13.6. The third kappa shape index (κ3) is 3.84. The quantitative estimate of drug-likeness (QED) is 0.373. The second-order valence-corrected chi connectivity index (χ2v) is 7.75. The van der Waals surface area contributed by atoms with Gasteiger partial charge in [-0.05, 0) is 37.1 Å². The molecule has 0 N–H and O–H groups in total. The molecule has 8 nitrogen and oxygen atoms in total. The number of likely N-dealkylation sites (tertiary alicyclic amines) is 1. The van der Waals surface area contributed by atoms with Crippen molar-refractivity contribution in [2.24, 2.45) is 0 Å². The maximum Gasteiger partial charge on any atom is 0.269 e. The fourth-order valence-electron chi connectivity index (χ4n) is 3.45. The summed E-state index contributed by atoms with van der Waals surface area (Å²) >= 11 is 1.40. The molecule has 3 aromatic rings. The van der Waals surface area contributed by atoms with Crippen molar-refractivity contribution in [3.05, 3.63) is 64.6 Å². The first kappa shape index (κ1) is 18.4. The van der Waals surface area contributed by atoms with Gasteiger partial charge in [0.25, 0.3) is 5.69 Å². The van der Waals surface area contributed by atoms with Crippen molar-refractivity contribution in [1.29, 1.82) is 0 Å². The fraction of sp³-hybridized carbons (Fsp3) is 0.316. The number of hydrogen-bond acceptors (Lipinski definition) is 6. The number of amides is 1. The minimum Gasteiger partial charge on any atom is -0.341 e. The molecule has 1 amide bonds. The molecule has 144 valence electrons. The summed E-state index contributed by atoms with van der Waals surface area (Å²) < 4.78 is 1.99. The van der Waals surface area contributed by atoms with Gasteiger partial charge in [-0.25, -0.2) is 0 Å². The molecule has 0 bridgehead atoms. The third-order valence-electron chi connectivity index (χ3n) is 4.89. The first-order valence-corrected chi connectivity index (χ1v) is 10.0. The molecular formula is C19H19N5O3S. The zero-order chi connectivity index (χ0) is 19.5. The van der Waals surface area contributed by atoms with Crippen LogP contribution in [0.25, 0.3) is 5.65 Å². The molecule has 1 aliphatic rings. The summed E-state index contributed by atoms with van der Waals surface area (Å²) in [6, 6.07) is 12.1. The molecule has 1 aliphatic heterocycles. The number of carbonyl (C=O) groups is 1. The monoisotopic (exact) mass is 397 g/mol. The number of nitro groups is 1. The van der Waals surface area contributed by atoms with Gasteiger partial charge < -0.3 is 4.90 Å². The van der Waals surface area contributed by atoms with Crippen LogP contribution in [0.15, 0.2) is 53.6 Å². The number of non-ortho nitro benzene ring substituents is 1. The largest absolute Gasteiger partial charge is 0.341 e. The third-order valence-corrected chi connectivity index (χ3v) is 5.89. The van der Waals surface area contributed by atoms with E-state index >= 15 is 0 Å². The van der Waals surface area contributed by atoms with E-state index in [0.717, 1.165) is 35.8 Å². The lowest BCUT2D eigenvalue weighted by molar-refractivity contribution is -0.384. The van der Waals surface area contributed by atoms with Crippen LogP contribution in [0, 0.1) is 10.1 Å². The molecule has 3 heterocycles. The molecule has 1 saturated heterocycles. The van der Waals surface area contributed by atoms with Gasteiger partial charge in [0.2, 0.25) is 5.91 Å². The molecule has 9 heteroatoms. The number of hydrogen-bond donors (Lipinski definition) is 0. The number of nitrogens with zero attached hydrogens (tertiary/aromatic N) is 5. The Bertz CT molecular complexity index is 1000. The van der Waals surface area contributed by atoms with Gasteiger partial charge in [-0.3, -0.25) is 19.3 Å². The number of carbonyl (C=O) groups excluding carboxylic acids is 1. The summed E-state index contributed by atoms with van der Waals surface area (Å²) in [5.41, 5.74) is 0.866. The lowest BCUT2D eigenvalue weighted by Crippen LogP contribution is -2.40. The maximum absolute atomic E-state index is 12.7. The van der Waals surface area contributed by atoms with E-state index in [2.05, 4.69) is 10.2 Å².